The Kier molecular flexibility index (Phi) is 4.40. The summed E-state index contributed by atoms with van der Waals surface area (Å²) in [6.07, 6.45) is 6.17. The number of carbonyl (C=O) groups is 1. The van der Waals surface area contributed by atoms with Crippen LogP contribution in [0.15, 0.2) is 6.08 Å². The molecule has 0 radical (unpaired) electrons. The van der Waals surface area contributed by atoms with Gasteiger partial charge >= 0.3 is 5.97 Å². The lowest BCUT2D eigenvalue weighted by Gasteiger charge is -2.33. The summed E-state index contributed by atoms with van der Waals surface area (Å²) in [7, 11) is 1.41. The Labute approximate surface area is 154 Å². The summed E-state index contributed by atoms with van der Waals surface area (Å²) in [5.74, 6) is -0.270. The minimum absolute atomic E-state index is 0.0998. The molecule has 0 aromatic carbocycles. The summed E-state index contributed by atoms with van der Waals surface area (Å²) < 4.78 is 10.6. The van der Waals surface area contributed by atoms with E-state index in [4.69, 9.17) is 14.5 Å². The number of methoxy groups -OCH3 is 1. The first-order valence-corrected chi connectivity index (χ1v) is 9.56. The number of pyridine rings is 1. The first-order valence-electron chi connectivity index (χ1n) is 9.56. The van der Waals surface area contributed by atoms with Gasteiger partial charge in [0.1, 0.15) is 0 Å². The molecule has 26 heavy (non-hydrogen) atoms. The van der Waals surface area contributed by atoms with E-state index in [-0.39, 0.29) is 17.3 Å². The van der Waals surface area contributed by atoms with Gasteiger partial charge in [-0.2, -0.15) is 0 Å². The molecule has 2 heterocycles. The van der Waals surface area contributed by atoms with Gasteiger partial charge in [0.2, 0.25) is 0 Å². The van der Waals surface area contributed by atoms with Gasteiger partial charge in [0, 0.05) is 16.8 Å². The number of hydrogen-bond donors (Lipinski definition) is 1. The molecule has 5 heteroatoms. The minimum Gasteiger partial charge on any atom is -0.465 e. The van der Waals surface area contributed by atoms with Crippen molar-refractivity contribution >= 4 is 11.5 Å². The molecule has 1 aromatic rings. The van der Waals surface area contributed by atoms with Crippen LogP contribution in [0.2, 0.25) is 0 Å². The van der Waals surface area contributed by atoms with Crippen LogP contribution < -0.4 is 0 Å². The first-order chi connectivity index (χ1) is 12.5. The number of esters is 1. The molecule has 0 amide bonds. The van der Waals surface area contributed by atoms with Crippen LogP contribution >= 0.6 is 0 Å². The lowest BCUT2D eigenvalue weighted by molar-refractivity contribution is 0.0596. The largest absolute Gasteiger partial charge is 0.465 e. The van der Waals surface area contributed by atoms with Gasteiger partial charge in [-0.15, -0.1) is 0 Å². The quantitative estimate of drug-likeness (QED) is 0.838. The predicted molar refractivity (Wildman–Crippen MR) is 98.0 cm³/mol. The molecule has 4 rings (SSSR count). The fraction of sp³-hybridized carbons (Fsp3) is 0.619. The zero-order chi connectivity index (χ0) is 18.5. The van der Waals surface area contributed by atoms with Gasteiger partial charge in [-0.3, -0.25) is 4.98 Å². The maximum atomic E-state index is 12.7. The maximum Gasteiger partial charge on any atom is 0.340 e. The van der Waals surface area contributed by atoms with E-state index in [0.29, 0.717) is 18.8 Å². The molecule has 0 bridgehead atoms. The second kappa shape index (κ2) is 6.46. The number of fused-ring (bicyclic) bond motifs is 1. The standard InChI is InChI=1S/C21H27NO4/c1-12(2)19-18(20(24)25-3)16(13-4-8-26-9-5-13)17-14(22-19)10-21(6-7-21)11-15(17)23/h4,12,15,23H,5-11H2,1-3H3/t15-/m0/s1. The van der Waals surface area contributed by atoms with Crippen LogP contribution in [0.3, 0.4) is 0 Å². The van der Waals surface area contributed by atoms with Crippen LogP contribution in [-0.2, 0) is 15.9 Å². The zero-order valence-corrected chi connectivity index (χ0v) is 15.8. The monoisotopic (exact) mass is 357 g/mol. The molecule has 1 atom stereocenters. The van der Waals surface area contributed by atoms with Crippen molar-refractivity contribution < 1.29 is 19.4 Å². The highest BCUT2D eigenvalue weighted by Crippen LogP contribution is 2.58. The van der Waals surface area contributed by atoms with E-state index in [2.05, 4.69) is 13.8 Å². The second-order valence-electron chi connectivity index (χ2n) is 8.20. The Morgan fingerprint density at radius 2 is 2.19 bits per heavy atom. The van der Waals surface area contributed by atoms with Gasteiger partial charge < -0.3 is 14.6 Å². The van der Waals surface area contributed by atoms with E-state index in [1.54, 1.807) is 0 Å². The summed E-state index contributed by atoms with van der Waals surface area (Å²) >= 11 is 0. The smallest absolute Gasteiger partial charge is 0.340 e. The minimum atomic E-state index is -0.572. The van der Waals surface area contributed by atoms with Gasteiger partial charge in [-0.05, 0) is 49.0 Å². The number of ether oxygens (including phenoxy) is 2. The third-order valence-corrected chi connectivity index (χ3v) is 6.02. The van der Waals surface area contributed by atoms with Gasteiger partial charge in [-0.25, -0.2) is 4.79 Å². The van der Waals surface area contributed by atoms with Crippen molar-refractivity contribution in [3.63, 3.8) is 0 Å². The van der Waals surface area contributed by atoms with Gasteiger partial charge in [0.15, 0.2) is 0 Å². The number of rotatable bonds is 3. The number of carbonyl (C=O) groups excluding carboxylic acids is 1. The number of aromatic nitrogens is 1. The van der Waals surface area contributed by atoms with Crippen molar-refractivity contribution in [1.82, 2.24) is 4.98 Å². The molecule has 1 aromatic heterocycles. The molecule has 1 N–H and O–H groups in total. The molecule has 0 unspecified atom stereocenters. The Morgan fingerprint density at radius 3 is 2.77 bits per heavy atom. The van der Waals surface area contributed by atoms with Crippen LogP contribution in [0, 0.1) is 5.41 Å². The summed E-state index contributed by atoms with van der Waals surface area (Å²) in [5, 5.41) is 11.0. The van der Waals surface area contributed by atoms with E-state index in [9.17, 15) is 9.90 Å². The molecule has 0 saturated heterocycles. The van der Waals surface area contributed by atoms with Crippen LogP contribution in [0.5, 0.6) is 0 Å². The maximum absolute atomic E-state index is 12.7. The van der Waals surface area contributed by atoms with Gasteiger partial charge in [0.25, 0.3) is 0 Å². The molecule has 1 aliphatic heterocycles. The first kappa shape index (κ1) is 17.7. The number of aliphatic hydroxyl groups is 1. The average Bonchev–Trinajstić information content (AvgIpc) is 3.38. The molecular weight excluding hydrogens is 330 g/mol. The number of aliphatic hydroxyl groups excluding tert-OH is 1. The van der Waals surface area contributed by atoms with E-state index in [1.807, 2.05) is 6.08 Å². The summed E-state index contributed by atoms with van der Waals surface area (Å²) in [4.78, 5) is 17.6. The van der Waals surface area contributed by atoms with Crippen molar-refractivity contribution in [2.24, 2.45) is 5.41 Å². The highest BCUT2D eigenvalue weighted by molar-refractivity contribution is 5.98. The molecule has 1 spiro atoms. The highest BCUT2D eigenvalue weighted by atomic mass is 16.5. The third kappa shape index (κ3) is 2.87. The van der Waals surface area contributed by atoms with Crippen molar-refractivity contribution in [2.75, 3.05) is 20.3 Å². The Morgan fingerprint density at radius 1 is 1.42 bits per heavy atom. The SMILES string of the molecule is COC(=O)c1c(C(C)C)nc2c(c1C1=CCOCC1)[C@@H](O)CC1(CC1)C2. The van der Waals surface area contributed by atoms with Crippen LogP contribution in [0.1, 0.15) is 84.4 Å². The lowest BCUT2D eigenvalue weighted by Crippen LogP contribution is -2.27. The van der Waals surface area contributed by atoms with Crippen LogP contribution in [0.4, 0.5) is 0 Å². The Hall–Kier alpha value is -1.72. The molecule has 1 saturated carbocycles. The Bertz CT molecular complexity index is 777. The molecule has 3 aliphatic rings. The van der Waals surface area contributed by atoms with Crippen molar-refractivity contribution in [3.05, 3.63) is 34.2 Å². The zero-order valence-electron chi connectivity index (χ0n) is 15.8. The summed E-state index contributed by atoms with van der Waals surface area (Å²) in [5.41, 5.74) is 5.28. The topological polar surface area (TPSA) is 68.7 Å². The van der Waals surface area contributed by atoms with Gasteiger partial charge in [0.05, 0.1) is 37.7 Å². The molecule has 2 aliphatic carbocycles. The normalized spacial score (nSPS) is 23.6. The van der Waals surface area contributed by atoms with Gasteiger partial charge in [-0.1, -0.05) is 19.9 Å². The van der Waals surface area contributed by atoms with Crippen molar-refractivity contribution in [1.29, 1.82) is 0 Å². The van der Waals surface area contributed by atoms with E-state index in [1.165, 1.54) is 7.11 Å². The predicted octanol–water partition coefficient (Wildman–Crippen LogP) is 3.56. The van der Waals surface area contributed by atoms with E-state index in [0.717, 1.165) is 60.2 Å². The average molecular weight is 357 g/mol. The Balaban J connectivity index is 1.99. The molecular formula is C21H27NO4. The molecule has 5 nitrogen and oxygen atoms in total. The van der Waals surface area contributed by atoms with E-state index < -0.39 is 6.10 Å². The fourth-order valence-electron chi connectivity index (χ4n) is 4.47. The number of nitrogens with zero attached hydrogens (tertiary/aromatic N) is 1. The number of hydrogen-bond acceptors (Lipinski definition) is 5. The summed E-state index contributed by atoms with van der Waals surface area (Å²) in [6.45, 7) is 5.26. The molecule has 140 valence electrons. The van der Waals surface area contributed by atoms with Crippen LogP contribution in [0.25, 0.3) is 5.57 Å². The highest BCUT2D eigenvalue weighted by Gasteiger charge is 2.49. The fourth-order valence-corrected chi connectivity index (χ4v) is 4.47. The van der Waals surface area contributed by atoms with Crippen molar-refractivity contribution in [2.45, 2.75) is 58.0 Å². The van der Waals surface area contributed by atoms with Crippen molar-refractivity contribution in [3.8, 4) is 0 Å². The molecule has 1 fully saturated rings. The van der Waals surface area contributed by atoms with Crippen LogP contribution in [-0.4, -0.2) is 36.4 Å². The third-order valence-electron chi connectivity index (χ3n) is 6.02. The lowest BCUT2D eigenvalue weighted by atomic mass is 9.76. The van der Waals surface area contributed by atoms with E-state index >= 15 is 0 Å². The second-order valence-corrected chi connectivity index (χ2v) is 8.20. The summed E-state index contributed by atoms with van der Waals surface area (Å²) in [6, 6.07) is 0.